The fourth-order valence-electron chi connectivity index (χ4n) is 7.92. The van der Waals surface area contributed by atoms with Crippen LogP contribution in [0.15, 0.2) is 91.0 Å². The summed E-state index contributed by atoms with van der Waals surface area (Å²) in [6, 6.07) is 31.4. The second kappa shape index (κ2) is 22.8. The molecule has 0 radical (unpaired) electrons. The van der Waals surface area contributed by atoms with Crippen LogP contribution >= 0.6 is 17.2 Å². The maximum Gasteiger partial charge on any atom is 0.530 e. The number of aryl methyl sites for hydroxylation is 8. The minimum atomic E-state index is -2.36. The molecule has 0 fully saturated rings. The first-order valence-corrected chi connectivity index (χ1v) is 25.6. The highest BCUT2D eigenvalue weighted by Crippen LogP contribution is 2.55. The highest BCUT2D eigenvalue weighted by Gasteiger charge is 2.32. The topological polar surface area (TPSA) is 66.4 Å². The first-order chi connectivity index (χ1) is 31.1. The molecule has 8 heteroatoms. The van der Waals surface area contributed by atoms with Gasteiger partial charge in [0.05, 0.1) is 0 Å². The molecule has 2 atom stereocenters. The number of benzene rings is 6. The summed E-state index contributed by atoms with van der Waals surface area (Å²) in [5.74, 6) is 4.31. The molecule has 0 heterocycles. The third-order valence-corrected chi connectivity index (χ3v) is 13.9. The van der Waals surface area contributed by atoms with Crippen molar-refractivity contribution in [2.45, 2.75) is 148 Å². The Morgan fingerprint density at radius 1 is 0.364 bits per heavy atom. The van der Waals surface area contributed by atoms with Crippen molar-refractivity contribution in [2.24, 2.45) is 0 Å². The zero-order chi connectivity index (χ0) is 48.7. The van der Waals surface area contributed by atoms with Crippen molar-refractivity contribution in [3.8, 4) is 39.9 Å². The van der Waals surface area contributed by atoms with Gasteiger partial charge >= 0.3 is 17.2 Å². The van der Waals surface area contributed by atoms with Crippen LogP contribution in [0.1, 0.15) is 157 Å². The molecule has 0 aliphatic heterocycles. The third kappa shape index (κ3) is 13.0. The molecule has 0 saturated heterocycles. The maximum atomic E-state index is 11.6. The summed E-state index contributed by atoms with van der Waals surface area (Å²) in [7, 11) is -4.42. The van der Waals surface area contributed by atoms with Gasteiger partial charge in [0, 0.05) is 11.1 Å². The molecular formula is C58H74O6P2. The van der Waals surface area contributed by atoms with E-state index in [9.17, 15) is 4.89 Å². The van der Waals surface area contributed by atoms with Gasteiger partial charge in [0.1, 0.15) is 28.7 Å². The van der Waals surface area contributed by atoms with Crippen molar-refractivity contribution < 1.29 is 27.5 Å². The van der Waals surface area contributed by atoms with E-state index in [1.54, 1.807) is 0 Å². The fourth-order valence-corrected chi connectivity index (χ4v) is 9.82. The summed E-state index contributed by atoms with van der Waals surface area (Å²) in [5.41, 5.74) is 17.1. The average Bonchev–Trinajstić information content (AvgIpc) is 3.23. The van der Waals surface area contributed by atoms with Crippen LogP contribution in [0.2, 0.25) is 0 Å². The van der Waals surface area contributed by atoms with E-state index < -0.39 is 17.2 Å². The molecule has 0 saturated carbocycles. The Morgan fingerprint density at radius 2 is 0.773 bits per heavy atom. The molecule has 6 aromatic rings. The minimum absolute atomic E-state index is 0.0793. The van der Waals surface area contributed by atoms with E-state index in [1.165, 1.54) is 11.1 Å². The van der Waals surface area contributed by atoms with Crippen molar-refractivity contribution in [3.05, 3.63) is 169 Å². The monoisotopic (exact) mass is 928 g/mol. The summed E-state index contributed by atoms with van der Waals surface area (Å²) in [6.45, 7) is 38.2. The van der Waals surface area contributed by atoms with Crippen LogP contribution in [0.4, 0.5) is 0 Å². The van der Waals surface area contributed by atoms with E-state index in [0.29, 0.717) is 28.9 Å². The van der Waals surface area contributed by atoms with Crippen molar-refractivity contribution in [2.75, 3.05) is 0 Å². The summed E-state index contributed by atoms with van der Waals surface area (Å²) < 4.78 is 33.7. The Bertz CT molecular complexity index is 2610. The van der Waals surface area contributed by atoms with Gasteiger partial charge in [0.15, 0.2) is 0 Å². The lowest BCUT2D eigenvalue weighted by atomic mass is 9.84. The normalized spacial score (nSPS) is 12.3. The van der Waals surface area contributed by atoms with Crippen LogP contribution < -0.4 is 22.6 Å². The molecule has 2 unspecified atom stereocenters. The Morgan fingerprint density at radius 3 is 1.23 bits per heavy atom. The zero-order valence-corrected chi connectivity index (χ0v) is 44.6. The van der Waals surface area contributed by atoms with Crippen LogP contribution in [0.5, 0.6) is 28.7 Å². The van der Waals surface area contributed by atoms with Crippen LogP contribution in [0.25, 0.3) is 11.1 Å². The van der Waals surface area contributed by atoms with E-state index >= 15 is 0 Å². The number of hydrogen-bond acceptors (Lipinski definition) is 6. The van der Waals surface area contributed by atoms with E-state index in [2.05, 4.69) is 165 Å². The summed E-state index contributed by atoms with van der Waals surface area (Å²) >= 11 is 0. The molecule has 0 aliphatic carbocycles. The van der Waals surface area contributed by atoms with Gasteiger partial charge in [0.25, 0.3) is 0 Å². The fraction of sp³-hybridized carbons (Fsp3) is 0.379. The average molecular weight is 929 g/mol. The van der Waals surface area contributed by atoms with E-state index in [4.69, 9.17) is 22.6 Å². The highest BCUT2D eigenvalue weighted by atomic mass is 31.2. The quantitative estimate of drug-likeness (QED) is 0.104. The van der Waals surface area contributed by atoms with E-state index in [-0.39, 0.29) is 17.8 Å². The lowest BCUT2D eigenvalue weighted by Gasteiger charge is -2.29. The smallest absolute Gasteiger partial charge is 0.418 e. The van der Waals surface area contributed by atoms with Crippen molar-refractivity contribution >= 4 is 17.2 Å². The van der Waals surface area contributed by atoms with E-state index in [1.807, 2.05) is 51.1 Å². The Labute approximate surface area is 400 Å². The lowest BCUT2D eigenvalue weighted by molar-refractivity contribution is 0.376. The van der Waals surface area contributed by atoms with Crippen LogP contribution in [0, 0.1) is 69.2 Å². The predicted molar refractivity (Wildman–Crippen MR) is 281 cm³/mol. The maximum absolute atomic E-state index is 11.6. The molecule has 352 valence electrons. The van der Waals surface area contributed by atoms with Gasteiger partial charge in [-0.15, -0.1) is 0 Å². The molecule has 6 nitrogen and oxygen atoms in total. The standard InChI is InChI=1S/C48H60O6P2.C10H14/c1-27(2)39-19-16-32(9)24-44(39)52-56(51-43-21-18-31(8)23-36(43)13)54-48-41(29(5)6)26-34(11)38(15)46(48)45-37(14)33(10)25-40(28(3)4)47(45)53-55(49)50-42-20-17-30(7)22-35(42)12;1-8(2)10-6-4-9(3)5-7-10/h16-29,49H,1-15H3;4-8H,1-3H3. The van der Waals surface area contributed by atoms with Gasteiger partial charge in [-0.3, -0.25) is 0 Å². The largest absolute Gasteiger partial charge is 0.530 e. The van der Waals surface area contributed by atoms with Crippen molar-refractivity contribution in [1.29, 1.82) is 0 Å². The lowest BCUT2D eigenvalue weighted by Crippen LogP contribution is -2.10. The minimum Gasteiger partial charge on any atom is -0.418 e. The van der Waals surface area contributed by atoms with Gasteiger partial charge in [-0.1, -0.05) is 145 Å². The Kier molecular flexibility index (Phi) is 18.0. The van der Waals surface area contributed by atoms with Crippen molar-refractivity contribution in [1.82, 2.24) is 0 Å². The van der Waals surface area contributed by atoms with Crippen molar-refractivity contribution in [3.63, 3.8) is 0 Å². The van der Waals surface area contributed by atoms with Gasteiger partial charge in [0.2, 0.25) is 0 Å². The molecule has 6 aromatic carbocycles. The first-order valence-electron chi connectivity index (χ1n) is 23.3. The van der Waals surface area contributed by atoms with E-state index in [0.717, 1.165) is 83.6 Å². The predicted octanol–water partition coefficient (Wildman–Crippen LogP) is 18.1. The number of rotatable bonds is 15. The van der Waals surface area contributed by atoms with Gasteiger partial charge in [-0.25, -0.2) is 0 Å². The molecule has 0 spiro atoms. The number of hydrogen-bond donors (Lipinski definition) is 1. The molecule has 0 aliphatic rings. The molecule has 66 heavy (non-hydrogen) atoms. The molecule has 0 bridgehead atoms. The van der Waals surface area contributed by atoms with Gasteiger partial charge in [-0.05, 0) is 172 Å². The van der Waals surface area contributed by atoms with Crippen LogP contribution in [-0.2, 0) is 0 Å². The Balaban J connectivity index is 0.000000721. The summed E-state index contributed by atoms with van der Waals surface area (Å²) in [6.07, 6.45) is 0. The highest BCUT2D eigenvalue weighted by molar-refractivity contribution is 7.43. The van der Waals surface area contributed by atoms with Gasteiger partial charge in [-0.2, -0.15) is 0 Å². The molecular weight excluding hydrogens is 855 g/mol. The Hall–Kier alpha value is -4.86. The zero-order valence-electron chi connectivity index (χ0n) is 42.9. The molecule has 0 aromatic heterocycles. The first kappa shape index (κ1) is 52.1. The SMILES string of the molecule is Cc1ccc(C(C)C)cc1.Cc1ccc(OP(O)Oc2c(C(C)C)cc(C)c(C)c2-c2c(C)c(C)cc(C(C)C)c2OP(Oc2ccc(C)cc2C)Oc2cc(C)ccc2C(C)C)c(C)c1. The third-order valence-electron chi connectivity index (χ3n) is 12.2. The summed E-state index contributed by atoms with van der Waals surface area (Å²) in [4.78, 5) is 11.6. The molecule has 0 amide bonds. The van der Waals surface area contributed by atoms with Crippen LogP contribution in [-0.4, -0.2) is 4.89 Å². The van der Waals surface area contributed by atoms with Gasteiger partial charge < -0.3 is 27.5 Å². The second-order valence-electron chi connectivity index (χ2n) is 19.3. The molecule has 6 rings (SSSR count). The summed E-state index contributed by atoms with van der Waals surface area (Å²) in [5, 5.41) is 0. The molecule has 1 N–H and O–H groups in total. The second-order valence-corrected chi connectivity index (χ2v) is 21.1. The van der Waals surface area contributed by atoms with Crippen LogP contribution in [0.3, 0.4) is 0 Å².